The van der Waals surface area contributed by atoms with E-state index in [0.29, 0.717) is 0 Å². The van der Waals surface area contributed by atoms with Crippen LogP contribution in [0.2, 0.25) is 0 Å². The number of ketones is 1. The highest BCUT2D eigenvalue weighted by Crippen LogP contribution is 2.27. The number of hydrogen-bond acceptors (Lipinski definition) is 2. The van der Waals surface area contributed by atoms with Gasteiger partial charge in [0.25, 0.3) is 0 Å². The van der Waals surface area contributed by atoms with Crippen LogP contribution in [0.15, 0.2) is 30.3 Å². The van der Waals surface area contributed by atoms with Crippen LogP contribution in [0.1, 0.15) is 38.8 Å². The van der Waals surface area contributed by atoms with Crippen LogP contribution in [0.5, 0.6) is 0 Å². The highest BCUT2D eigenvalue weighted by molar-refractivity contribution is 5.89. The van der Waals surface area contributed by atoms with E-state index in [1.54, 1.807) is 0 Å². The Hall–Kier alpha value is -1.15. The summed E-state index contributed by atoms with van der Waals surface area (Å²) in [6, 6.07) is 9.03. The van der Waals surface area contributed by atoms with Gasteiger partial charge < -0.3 is 5.73 Å². The first-order valence-corrected chi connectivity index (χ1v) is 5.34. The van der Waals surface area contributed by atoms with Crippen molar-refractivity contribution in [2.45, 2.75) is 33.2 Å². The van der Waals surface area contributed by atoms with Crippen LogP contribution in [0.3, 0.4) is 0 Å². The molecule has 0 aliphatic heterocycles. The molecule has 15 heavy (non-hydrogen) atoms. The second-order valence-corrected chi connectivity index (χ2v) is 4.49. The first-order chi connectivity index (χ1) is 6.99. The van der Waals surface area contributed by atoms with E-state index in [2.05, 4.69) is 0 Å². The average molecular weight is 205 g/mol. The van der Waals surface area contributed by atoms with Gasteiger partial charge in [-0.05, 0) is 12.0 Å². The summed E-state index contributed by atoms with van der Waals surface area (Å²) in [6.07, 6.45) is 0.812. The standard InChI is InChI=1S/C13H19NO/c1-4-13(2,3)12(15)11(14)10-8-6-5-7-9-10/h5-9,11H,4,14H2,1-3H3/t11-/m0/s1. The van der Waals surface area contributed by atoms with E-state index in [1.165, 1.54) is 0 Å². The summed E-state index contributed by atoms with van der Waals surface area (Å²) in [5, 5.41) is 0. The molecule has 0 aliphatic rings. The third-order valence-electron chi connectivity index (χ3n) is 2.99. The summed E-state index contributed by atoms with van der Waals surface area (Å²) >= 11 is 0. The van der Waals surface area contributed by atoms with Gasteiger partial charge in [0.2, 0.25) is 0 Å². The molecule has 2 heteroatoms. The molecule has 0 fully saturated rings. The number of rotatable bonds is 4. The predicted molar refractivity (Wildman–Crippen MR) is 62.4 cm³/mol. The number of Topliss-reactive ketones (excluding diaryl/α,β-unsaturated/α-hetero) is 1. The van der Waals surface area contributed by atoms with Gasteiger partial charge in [-0.25, -0.2) is 0 Å². The van der Waals surface area contributed by atoms with Gasteiger partial charge in [0.05, 0.1) is 6.04 Å². The maximum atomic E-state index is 12.1. The largest absolute Gasteiger partial charge is 0.318 e. The van der Waals surface area contributed by atoms with Crippen molar-refractivity contribution in [2.75, 3.05) is 0 Å². The lowest BCUT2D eigenvalue weighted by Crippen LogP contribution is -2.33. The molecule has 0 unspecified atom stereocenters. The third-order valence-corrected chi connectivity index (χ3v) is 2.99. The molecular weight excluding hydrogens is 186 g/mol. The van der Waals surface area contributed by atoms with Crippen LogP contribution in [-0.4, -0.2) is 5.78 Å². The van der Waals surface area contributed by atoms with Crippen LogP contribution in [-0.2, 0) is 4.79 Å². The Balaban J connectivity index is 2.87. The molecule has 2 nitrogen and oxygen atoms in total. The minimum absolute atomic E-state index is 0.108. The first-order valence-electron chi connectivity index (χ1n) is 5.34. The van der Waals surface area contributed by atoms with E-state index in [1.807, 2.05) is 51.1 Å². The molecule has 0 amide bonds. The highest BCUT2D eigenvalue weighted by Gasteiger charge is 2.30. The molecule has 0 aliphatic carbocycles. The fraction of sp³-hybridized carbons (Fsp3) is 0.462. The maximum absolute atomic E-state index is 12.1. The van der Waals surface area contributed by atoms with Gasteiger partial charge in [-0.15, -0.1) is 0 Å². The van der Waals surface area contributed by atoms with Crippen LogP contribution in [0, 0.1) is 5.41 Å². The van der Waals surface area contributed by atoms with Crippen molar-refractivity contribution in [1.29, 1.82) is 0 Å². The molecule has 0 bridgehead atoms. The van der Waals surface area contributed by atoms with Crippen LogP contribution in [0.25, 0.3) is 0 Å². The minimum Gasteiger partial charge on any atom is -0.318 e. The summed E-state index contributed by atoms with van der Waals surface area (Å²) in [5.41, 5.74) is 6.51. The summed E-state index contributed by atoms with van der Waals surface area (Å²) < 4.78 is 0. The van der Waals surface area contributed by atoms with Crippen molar-refractivity contribution in [3.8, 4) is 0 Å². The Labute approximate surface area is 91.5 Å². The molecule has 0 aromatic heterocycles. The van der Waals surface area contributed by atoms with Gasteiger partial charge in [-0.1, -0.05) is 51.1 Å². The van der Waals surface area contributed by atoms with Gasteiger partial charge in [0.1, 0.15) is 0 Å². The van der Waals surface area contributed by atoms with Crippen molar-refractivity contribution in [3.05, 3.63) is 35.9 Å². The molecule has 2 N–H and O–H groups in total. The van der Waals surface area contributed by atoms with E-state index in [9.17, 15) is 4.79 Å². The smallest absolute Gasteiger partial charge is 0.159 e. The lowest BCUT2D eigenvalue weighted by atomic mass is 9.80. The van der Waals surface area contributed by atoms with Crippen molar-refractivity contribution < 1.29 is 4.79 Å². The average Bonchev–Trinajstić information content (AvgIpc) is 2.28. The van der Waals surface area contributed by atoms with Gasteiger partial charge in [0.15, 0.2) is 5.78 Å². The zero-order chi connectivity index (χ0) is 11.5. The fourth-order valence-electron chi connectivity index (χ4n) is 1.41. The van der Waals surface area contributed by atoms with E-state index < -0.39 is 6.04 Å². The minimum atomic E-state index is -0.499. The van der Waals surface area contributed by atoms with Crippen molar-refractivity contribution >= 4 is 5.78 Å². The number of benzene rings is 1. The SMILES string of the molecule is CCC(C)(C)C(=O)[C@@H](N)c1ccccc1. The van der Waals surface area contributed by atoms with E-state index >= 15 is 0 Å². The quantitative estimate of drug-likeness (QED) is 0.821. The normalized spacial score (nSPS) is 13.6. The Kier molecular flexibility index (Phi) is 3.64. The molecule has 0 spiro atoms. The Morgan fingerprint density at radius 1 is 1.33 bits per heavy atom. The topological polar surface area (TPSA) is 43.1 Å². The molecule has 0 saturated heterocycles. The summed E-state index contributed by atoms with van der Waals surface area (Å²) in [4.78, 5) is 12.1. The molecule has 1 aromatic carbocycles. The zero-order valence-corrected chi connectivity index (χ0v) is 9.66. The predicted octanol–water partition coefficient (Wildman–Crippen LogP) is 2.69. The van der Waals surface area contributed by atoms with Crippen LogP contribution in [0.4, 0.5) is 0 Å². The zero-order valence-electron chi connectivity index (χ0n) is 9.66. The van der Waals surface area contributed by atoms with Crippen molar-refractivity contribution in [1.82, 2.24) is 0 Å². The number of carbonyl (C=O) groups is 1. The van der Waals surface area contributed by atoms with E-state index in [4.69, 9.17) is 5.73 Å². The molecule has 1 aromatic rings. The van der Waals surface area contributed by atoms with Gasteiger partial charge in [0, 0.05) is 5.41 Å². The molecule has 0 saturated carbocycles. The van der Waals surface area contributed by atoms with Gasteiger partial charge in [-0.2, -0.15) is 0 Å². The van der Waals surface area contributed by atoms with E-state index in [-0.39, 0.29) is 11.2 Å². The number of hydrogen-bond donors (Lipinski definition) is 1. The van der Waals surface area contributed by atoms with Gasteiger partial charge >= 0.3 is 0 Å². The van der Waals surface area contributed by atoms with Gasteiger partial charge in [-0.3, -0.25) is 4.79 Å². The third kappa shape index (κ3) is 2.66. The molecule has 1 rings (SSSR count). The summed E-state index contributed by atoms with van der Waals surface area (Å²) in [6.45, 7) is 5.89. The summed E-state index contributed by atoms with van der Waals surface area (Å²) in [7, 11) is 0. The Bertz CT molecular complexity index is 330. The monoisotopic (exact) mass is 205 g/mol. The summed E-state index contributed by atoms with van der Waals surface area (Å²) in [5.74, 6) is 0.108. The molecule has 0 heterocycles. The second kappa shape index (κ2) is 4.58. The number of carbonyl (C=O) groups excluding carboxylic acids is 1. The lowest BCUT2D eigenvalue weighted by Gasteiger charge is -2.25. The molecule has 0 radical (unpaired) electrons. The molecule has 82 valence electrons. The molecule has 1 atom stereocenters. The van der Waals surface area contributed by atoms with Crippen molar-refractivity contribution in [3.63, 3.8) is 0 Å². The van der Waals surface area contributed by atoms with E-state index in [0.717, 1.165) is 12.0 Å². The van der Waals surface area contributed by atoms with Crippen LogP contribution >= 0.6 is 0 Å². The second-order valence-electron chi connectivity index (χ2n) is 4.49. The maximum Gasteiger partial charge on any atom is 0.159 e. The van der Waals surface area contributed by atoms with Crippen LogP contribution < -0.4 is 5.73 Å². The Morgan fingerprint density at radius 2 is 1.87 bits per heavy atom. The van der Waals surface area contributed by atoms with Crippen molar-refractivity contribution in [2.24, 2.45) is 11.1 Å². The highest BCUT2D eigenvalue weighted by atomic mass is 16.1. The first kappa shape index (κ1) is 11.9. The number of nitrogens with two attached hydrogens (primary N) is 1. The Morgan fingerprint density at radius 3 is 2.33 bits per heavy atom. The molecular formula is C13H19NO. The lowest BCUT2D eigenvalue weighted by molar-refractivity contribution is -0.128. The fourth-order valence-corrected chi connectivity index (χ4v) is 1.41.